The highest BCUT2D eigenvalue weighted by atomic mass is 32.2. The van der Waals surface area contributed by atoms with E-state index in [1.54, 1.807) is 4.57 Å². The molecule has 3 rings (SSSR count). The molecule has 2 heterocycles. The highest BCUT2D eigenvalue weighted by Gasteiger charge is 2.22. The van der Waals surface area contributed by atoms with Gasteiger partial charge in [0.25, 0.3) is 0 Å². The molecule has 0 unspecified atom stereocenters. The minimum Gasteiger partial charge on any atom is -0.325 e. The molecule has 0 radical (unpaired) electrons. The van der Waals surface area contributed by atoms with Crippen LogP contribution in [0.1, 0.15) is 25.0 Å². The minimum absolute atomic E-state index is 0.137. The minimum atomic E-state index is -0.303. The first-order valence-electron chi connectivity index (χ1n) is 8.93. The second-order valence-electron chi connectivity index (χ2n) is 6.30. The van der Waals surface area contributed by atoms with Crippen molar-refractivity contribution < 1.29 is 14.2 Å². The molecule has 1 aromatic carbocycles. The Kier molecular flexibility index (Phi) is 6.27. The predicted molar refractivity (Wildman–Crippen MR) is 109 cm³/mol. The van der Waals surface area contributed by atoms with Crippen molar-refractivity contribution in [2.45, 2.75) is 39.4 Å². The maximum atomic E-state index is 12.4. The summed E-state index contributed by atoms with van der Waals surface area (Å²) in [6.07, 6.45) is 0. The number of nitrogens with zero attached hydrogens (tertiary/aromatic N) is 5. The van der Waals surface area contributed by atoms with Gasteiger partial charge in [-0.25, -0.2) is 4.63 Å². The monoisotopic (exact) mass is 415 g/mol. The lowest BCUT2D eigenvalue weighted by Crippen LogP contribution is -2.16. The molecule has 11 heteroatoms. The number of aryl methyl sites for hydroxylation is 2. The van der Waals surface area contributed by atoms with Gasteiger partial charge in [-0.15, -0.1) is 10.2 Å². The average Bonchev–Trinajstić information content (AvgIpc) is 3.28. The van der Waals surface area contributed by atoms with Crippen LogP contribution in [0.5, 0.6) is 0 Å². The Morgan fingerprint density at radius 1 is 1.14 bits per heavy atom. The number of nitrogens with one attached hydrogen (secondary N) is 2. The highest BCUT2D eigenvalue weighted by molar-refractivity contribution is 7.99. The van der Waals surface area contributed by atoms with E-state index in [2.05, 4.69) is 31.1 Å². The molecule has 2 N–H and O–H groups in total. The van der Waals surface area contributed by atoms with E-state index in [0.717, 1.165) is 16.8 Å². The van der Waals surface area contributed by atoms with Crippen molar-refractivity contribution in [1.29, 1.82) is 0 Å². The molecule has 29 heavy (non-hydrogen) atoms. The van der Waals surface area contributed by atoms with Crippen molar-refractivity contribution >= 4 is 35.1 Å². The van der Waals surface area contributed by atoms with Crippen LogP contribution in [0.2, 0.25) is 0 Å². The molecule has 0 saturated heterocycles. The zero-order valence-electron chi connectivity index (χ0n) is 16.5. The van der Waals surface area contributed by atoms with Crippen LogP contribution in [0.4, 0.5) is 11.5 Å². The second kappa shape index (κ2) is 8.86. The smallest absolute Gasteiger partial charge is 0.234 e. The molecule has 2 amide bonds. The third-order valence-corrected chi connectivity index (χ3v) is 5.07. The van der Waals surface area contributed by atoms with E-state index >= 15 is 0 Å². The fourth-order valence-electron chi connectivity index (χ4n) is 2.76. The fourth-order valence-corrected chi connectivity index (χ4v) is 3.56. The van der Waals surface area contributed by atoms with Gasteiger partial charge in [0.2, 0.25) is 17.6 Å². The van der Waals surface area contributed by atoms with Gasteiger partial charge in [0, 0.05) is 19.2 Å². The molecule has 3 aromatic rings. The Bertz CT molecular complexity index is 1020. The van der Waals surface area contributed by atoms with Gasteiger partial charge in [-0.1, -0.05) is 30.0 Å². The number of amides is 2. The molecule has 0 bridgehead atoms. The van der Waals surface area contributed by atoms with Crippen molar-refractivity contribution in [2.24, 2.45) is 0 Å². The lowest BCUT2D eigenvalue weighted by Gasteiger charge is -2.11. The molecule has 0 aliphatic carbocycles. The van der Waals surface area contributed by atoms with Crippen molar-refractivity contribution in [2.75, 3.05) is 16.4 Å². The summed E-state index contributed by atoms with van der Waals surface area (Å²) in [7, 11) is 0. The first-order valence-corrected chi connectivity index (χ1v) is 9.91. The van der Waals surface area contributed by atoms with E-state index in [4.69, 9.17) is 4.63 Å². The molecule has 0 spiro atoms. The van der Waals surface area contributed by atoms with Gasteiger partial charge in [-0.3, -0.25) is 9.59 Å². The Labute approximate surface area is 171 Å². The average molecular weight is 415 g/mol. The molecular formula is C18H21N7O3S. The molecule has 0 aliphatic heterocycles. The van der Waals surface area contributed by atoms with Crippen molar-refractivity contribution in [3.63, 3.8) is 0 Å². The maximum Gasteiger partial charge on any atom is 0.234 e. The number of thioether (sulfide) groups is 1. The number of benzene rings is 1. The number of rotatable bonds is 7. The topological polar surface area (TPSA) is 128 Å². The Morgan fingerprint density at radius 3 is 2.52 bits per heavy atom. The summed E-state index contributed by atoms with van der Waals surface area (Å²) in [5, 5.41) is 21.8. The quantitative estimate of drug-likeness (QED) is 0.564. The molecular weight excluding hydrogens is 394 g/mol. The second-order valence-corrected chi connectivity index (χ2v) is 7.24. The van der Waals surface area contributed by atoms with Crippen LogP contribution in [0, 0.1) is 13.8 Å². The highest BCUT2D eigenvalue weighted by Crippen LogP contribution is 2.27. The van der Waals surface area contributed by atoms with Crippen molar-refractivity contribution in [3.8, 4) is 11.5 Å². The van der Waals surface area contributed by atoms with Gasteiger partial charge in [0.1, 0.15) is 0 Å². The summed E-state index contributed by atoms with van der Waals surface area (Å²) in [5.74, 6) is 0.296. The number of para-hydroxylation sites is 1. The maximum absolute atomic E-state index is 12.4. The van der Waals surface area contributed by atoms with Crippen LogP contribution in [0.3, 0.4) is 0 Å². The van der Waals surface area contributed by atoms with Gasteiger partial charge in [-0.2, -0.15) is 0 Å². The van der Waals surface area contributed by atoms with Crippen molar-refractivity contribution in [1.82, 2.24) is 25.1 Å². The zero-order valence-corrected chi connectivity index (χ0v) is 17.3. The molecule has 10 nitrogen and oxygen atoms in total. The fraction of sp³-hybridized carbons (Fsp3) is 0.333. The summed E-state index contributed by atoms with van der Waals surface area (Å²) in [4.78, 5) is 23.7. The number of anilines is 2. The standard InChI is InChI=1S/C18H21N7O3S/c1-5-25-17(15-16(19-12(4)26)24-28-23-15)21-22-18(25)29-9-13(27)20-14-10(2)7-6-8-11(14)3/h6-8H,5,9H2,1-4H3,(H,20,27)(H,19,24,26). The zero-order chi connectivity index (χ0) is 21.0. The summed E-state index contributed by atoms with van der Waals surface area (Å²) >= 11 is 1.26. The Hall–Kier alpha value is -3.21. The van der Waals surface area contributed by atoms with Crippen LogP contribution >= 0.6 is 11.8 Å². The Morgan fingerprint density at radius 2 is 1.86 bits per heavy atom. The molecule has 152 valence electrons. The van der Waals surface area contributed by atoms with Crippen LogP contribution < -0.4 is 10.6 Å². The number of hydrogen-bond donors (Lipinski definition) is 2. The van der Waals surface area contributed by atoms with E-state index < -0.39 is 0 Å². The molecule has 0 aliphatic rings. The Balaban J connectivity index is 1.74. The summed E-state index contributed by atoms with van der Waals surface area (Å²) in [6.45, 7) is 7.72. The van der Waals surface area contributed by atoms with Gasteiger partial charge in [-0.05, 0) is 42.2 Å². The number of carbonyl (C=O) groups excluding carboxylic acids is 2. The SMILES string of the molecule is CCn1c(SCC(=O)Nc2c(C)cccc2C)nnc1-c1nonc1NC(C)=O. The molecule has 2 aromatic heterocycles. The lowest BCUT2D eigenvalue weighted by atomic mass is 10.1. The first-order chi connectivity index (χ1) is 13.9. The van der Waals surface area contributed by atoms with Crippen LogP contribution in [0.15, 0.2) is 28.0 Å². The largest absolute Gasteiger partial charge is 0.325 e. The third kappa shape index (κ3) is 4.62. The van der Waals surface area contributed by atoms with E-state index in [1.807, 2.05) is 39.0 Å². The van der Waals surface area contributed by atoms with Crippen molar-refractivity contribution in [3.05, 3.63) is 29.3 Å². The predicted octanol–water partition coefficient (Wildman–Crippen LogP) is 2.65. The summed E-state index contributed by atoms with van der Waals surface area (Å²) < 4.78 is 6.51. The lowest BCUT2D eigenvalue weighted by molar-refractivity contribution is -0.114. The number of hydrogen-bond acceptors (Lipinski definition) is 8. The van der Waals surface area contributed by atoms with Gasteiger partial charge < -0.3 is 15.2 Å². The first kappa shape index (κ1) is 20.5. The van der Waals surface area contributed by atoms with E-state index in [0.29, 0.717) is 17.5 Å². The van der Waals surface area contributed by atoms with Gasteiger partial charge >= 0.3 is 0 Å². The van der Waals surface area contributed by atoms with Crippen LogP contribution in [0.25, 0.3) is 11.5 Å². The molecule has 0 atom stereocenters. The number of carbonyl (C=O) groups is 2. The van der Waals surface area contributed by atoms with Crippen LogP contribution in [-0.2, 0) is 16.1 Å². The summed E-state index contributed by atoms with van der Waals surface area (Å²) in [6, 6.07) is 5.86. The normalized spacial score (nSPS) is 10.8. The van der Waals surface area contributed by atoms with Crippen LogP contribution in [-0.4, -0.2) is 42.6 Å². The van der Waals surface area contributed by atoms with Gasteiger partial charge in [0.15, 0.2) is 16.7 Å². The van der Waals surface area contributed by atoms with E-state index in [-0.39, 0.29) is 29.1 Å². The third-order valence-electron chi connectivity index (χ3n) is 4.11. The number of aromatic nitrogens is 5. The summed E-state index contributed by atoms with van der Waals surface area (Å²) in [5.41, 5.74) is 3.11. The van der Waals surface area contributed by atoms with Gasteiger partial charge in [0.05, 0.1) is 5.75 Å². The molecule has 0 saturated carbocycles. The van der Waals surface area contributed by atoms with E-state index in [1.165, 1.54) is 18.7 Å². The molecule has 0 fully saturated rings. The van der Waals surface area contributed by atoms with E-state index in [9.17, 15) is 9.59 Å².